The zero-order valence-corrected chi connectivity index (χ0v) is 11.5. The largest absolute Gasteiger partial charge is 0.371 e. The molecule has 0 aromatic carbocycles. The molecule has 0 aliphatic heterocycles. The molecule has 17 heavy (non-hydrogen) atoms. The van der Waals surface area contributed by atoms with E-state index in [1.165, 1.54) is 19.3 Å². The molecule has 0 unspecified atom stereocenters. The Hall–Kier alpha value is -0.670. The predicted molar refractivity (Wildman–Crippen MR) is 68.3 cm³/mol. The van der Waals surface area contributed by atoms with Gasteiger partial charge in [0, 0.05) is 18.4 Å². The Morgan fingerprint density at radius 1 is 1.12 bits per heavy atom. The van der Waals surface area contributed by atoms with Crippen molar-refractivity contribution in [3.63, 3.8) is 0 Å². The molecule has 0 bridgehead atoms. The van der Waals surface area contributed by atoms with Gasteiger partial charge >= 0.3 is 0 Å². The van der Waals surface area contributed by atoms with E-state index >= 15 is 0 Å². The number of methoxy groups -OCH3 is 1. The number of hydrogen-bond donors (Lipinski definition) is 0. The van der Waals surface area contributed by atoms with Gasteiger partial charge in [-0.25, -0.2) is 9.97 Å². The second-order valence-electron chi connectivity index (χ2n) is 5.04. The van der Waals surface area contributed by atoms with Gasteiger partial charge in [-0.05, 0) is 39.5 Å². The summed E-state index contributed by atoms with van der Waals surface area (Å²) < 4.78 is 5.42. The summed E-state index contributed by atoms with van der Waals surface area (Å²) in [7, 11) is 1.67. The van der Waals surface area contributed by atoms with Crippen molar-refractivity contribution in [3.8, 4) is 0 Å². The van der Waals surface area contributed by atoms with Crippen LogP contribution in [0.2, 0.25) is 5.15 Å². The van der Waals surface area contributed by atoms with E-state index in [2.05, 4.69) is 9.97 Å². The van der Waals surface area contributed by atoms with Crippen LogP contribution in [0.3, 0.4) is 0 Å². The van der Waals surface area contributed by atoms with Gasteiger partial charge < -0.3 is 4.74 Å². The summed E-state index contributed by atoms with van der Waals surface area (Å²) >= 11 is 6.28. The van der Waals surface area contributed by atoms with Gasteiger partial charge in [0.15, 0.2) is 5.82 Å². The lowest BCUT2D eigenvalue weighted by atomic mass is 10.1. The molecular weight excluding hydrogens is 236 g/mol. The van der Waals surface area contributed by atoms with Gasteiger partial charge in [0.25, 0.3) is 0 Å². The molecule has 1 aromatic heterocycles. The standard InChI is InChI=1S/C13H19ClN2O/c1-13(2,17-3)12-15-10-8-6-4-5-7-9(10)11(14)16-12/h4-8H2,1-3H3. The maximum absolute atomic E-state index is 6.28. The quantitative estimate of drug-likeness (QED) is 0.600. The van der Waals surface area contributed by atoms with Crippen molar-refractivity contribution in [1.82, 2.24) is 9.97 Å². The molecule has 1 aliphatic carbocycles. The van der Waals surface area contributed by atoms with Crippen LogP contribution in [0.25, 0.3) is 0 Å². The molecule has 0 N–H and O–H groups in total. The van der Waals surface area contributed by atoms with Crippen molar-refractivity contribution >= 4 is 11.6 Å². The van der Waals surface area contributed by atoms with Gasteiger partial charge in [0.1, 0.15) is 10.8 Å². The van der Waals surface area contributed by atoms with Crippen LogP contribution >= 0.6 is 11.6 Å². The summed E-state index contributed by atoms with van der Waals surface area (Å²) in [5.74, 6) is 0.686. The first kappa shape index (κ1) is 12.8. The highest BCUT2D eigenvalue weighted by atomic mass is 35.5. The monoisotopic (exact) mass is 254 g/mol. The average Bonchev–Trinajstić information content (AvgIpc) is 2.54. The van der Waals surface area contributed by atoms with Crippen molar-refractivity contribution in [2.24, 2.45) is 0 Å². The molecule has 94 valence electrons. The number of fused-ring (bicyclic) bond motifs is 1. The lowest BCUT2D eigenvalue weighted by Gasteiger charge is -2.22. The minimum Gasteiger partial charge on any atom is -0.371 e. The fraction of sp³-hybridized carbons (Fsp3) is 0.692. The van der Waals surface area contributed by atoms with E-state index in [-0.39, 0.29) is 0 Å². The predicted octanol–water partition coefficient (Wildman–Crippen LogP) is 3.28. The Labute approximate surface area is 108 Å². The molecular formula is C13H19ClN2O. The third-order valence-electron chi connectivity index (χ3n) is 3.43. The first-order valence-electron chi connectivity index (χ1n) is 6.15. The lowest BCUT2D eigenvalue weighted by molar-refractivity contribution is 0.0112. The Balaban J connectivity index is 2.46. The molecule has 1 aromatic rings. The first-order valence-corrected chi connectivity index (χ1v) is 6.53. The van der Waals surface area contributed by atoms with E-state index in [4.69, 9.17) is 16.3 Å². The molecule has 0 saturated heterocycles. The highest BCUT2D eigenvalue weighted by Gasteiger charge is 2.26. The first-order chi connectivity index (χ1) is 8.04. The summed E-state index contributed by atoms with van der Waals surface area (Å²) in [5.41, 5.74) is 1.77. The lowest BCUT2D eigenvalue weighted by Crippen LogP contribution is -2.24. The maximum atomic E-state index is 6.28. The van der Waals surface area contributed by atoms with Crippen molar-refractivity contribution in [3.05, 3.63) is 22.2 Å². The van der Waals surface area contributed by atoms with Crippen LogP contribution in [0.1, 0.15) is 50.2 Å². The minimum absolute atomic E-state index is 0.481. The number of aromatic nitrogens is 2. The van der Waals surface area contributed by atoms with Crippen LogP contribution in [-0.2, 0) is 23.2 Å². The van der Waals surface area contributed by atoms with Crippen LogP contribution in [0.15, 0.2) is 0 Å². The second-order valence-corrected chi connectivity index (χ2v) is 5.40. The van der Waals surface area contributed by atoms with Gasteiger partial charge in [0.05, 0.1) is 0 Å². The normalized spacial score (nSPS) is 16.5. The van der Waals surface area contributed by atoms with Crippen molar-refractivity contribution in [2.75, 3.05) is 7.11 Å². The Bertz CT molecular complexity index is 418. The van der Waals surface area contributed by atoms with E-state index in [9.17, 15) is 0 Å². The molecule has 0 atom stereocenters. The SMILES string of the molecule is COC(C)(C)c1nc(Cl)c2c(n1)CCCCC2. The second kappa shape index (κ2) is 4.91. The van der Waals surface area contributed by atoms with E-state index in [1.807, 2.05) is 13.8 Å². The van der Waals surface area contributed by atoms with Crippen LogP contribution in [0.4, 0.5) is 0 Å². The summed E-state index contributed by atoms with van der Waals surface area (Å²) in [5, 5.41) is 0.608. The molecule has 0 fully saturated rings. The fourth-order valence-electron chi connectivity index (χ4n) is 2.09. The van der Waals surface area contributed by atoms with Gasteiger partial charge in [-0.2, -0.15) is 0 Å². The highest BCUT2D eigenvalue weighted by Crippen LogP contribution is 2.28. The number of halogens is 1. The molecule has 0 amide bonds. The summed E-state index contributed by atoms with van der Waals surface area (Å²) in [6, 6.07) is 0. The summed E-state index contributed by atoms with van der Waals surface area (Å²) in [6.07, 6.45) is 5.62. The van der Waals surface area contributed by atoms with Gasteiger partial charge in [-0.3, -0.25) is 0 Å². The summed E-state index contributed by atoms with van der Waals surface area (Å²) in [4.78, 5) is 9.06. The van der Waals surface area contributed by atoms with Crippen LogP contribution < -0.4 is 0 Å². The Morgan fingerprint density at radius 2 is 1.82 bits per heavy atom. The molecule has 0 spiro atoms. The highest BCUT2D eigenvalue weighted by molar-refractivity contribution is 6.30. The molecule has 2 rings (SSSR count). The fourth-order valence-corrected chi connectivity index (χ4v) is 2.37. The van der Waals surface area contributed by atoms with Crippen LogP contribution in [-0.4, -0.2) is 17.1 Å². The van der Waals surface area contributed by atoms with Gasteiger partial charge in [-0.1, -0.05) is 18.0 Å². The van der Waals surface area contributed by atoms with Gasteiger partial charge in [-0.15, -0.1) is 0 Å². The van der Waals surface area contributed by atoms with Crippen molar-refractivity contribution in [1.29, 1.82) is 0 Å². The zero-order chi connectivity index (χ0) is 12.5. The Kier molecular flexibility index (Phi) is 3.69. The topological polar surface area (TPSA) is 35.0 Å². The van der Waals surface area contributed by atoms with Crippen molar-refractivity contribution in [2.45, 2.75) is 51.6 Å². The third-order valence-corrected chi connectivity index (χ3v) is 3.74. The van der Waals surface area contributed by atoms with E-state index in [0.717, 1.165) is 24.1 Å². The van der Waals surface area contributed by atoms with E-state index < -0.39 is 5.60 Å². The molecule has 1 heterocycles. The van der Waals surface area contributed by atoms with Gasteiger partial charge in [0.2, 0.25) is 0 Å². The number of aryl methyl sites for hydroxylation is 1. The molecule has 1 aliphatic rings. The number of nitrogens with zero attached hydrogens (tertiary/aromatic N) is 2. The molecule has 3 nitrogen and oxygen atoms in total. The molecule has 0 radical (unpaired) electrons. The Morgan fingerprint density at radius 3 is 2.53 bits per heavy atom. The maximum Gasteiger partial charge on any atom is 0.161 e. The van der Waals surface area contributed by atoms with E-state index in [0.29, 0.717) is 11.0 Å². The number of ether oxygens (including phenoxy) is 1. The van der Waals surface area contributed by atoms with Crippen molar-refractivity contribution < 1.29 is 4.74 Å². The number of rotatable bonds is 2. The summed E-state index contributed by atoms with van der Waals surface area (Å²) in [6.45, 7) is 3.92. The van der Waals surface area contributed by atoms with E-state index in [1.54, 1.807) is 7.11 Å². The smallest absolute Gasteiger partial charge is 0.161 e. The third kappa shape index (κ3) is 2.61. The number of hydrogen-bond acceptors (Lipinski definition) is 3. The molecule has 0 saturated carbocycles. The zero-order valence-electron chi connectivity index (χ0n) is 10.7. The van der Waals surface area contributed by atoms with Crippen LogP contribution in [0, 0.1) is 0 Å². The minimum atomic E-state index is -0.481. The average molecular weight is 255 g/mol. The van der Waals surface area contributed by atoms with Crippen LogP contribution in [0.5, 0.6) is 0 Å². The molecule has 4 heteroatoms.